The van der Waals surface area contributed by atoms with E-state index < -0.39 is 0 Å². The van der Waals surface area contributed by atoms with Crippen LogP contribution >= 0.6 is 22.7 Å². The number of fused-ring (bicyclic) bond motifs is 5. The summed E-state index contributed by atoms with van der Waals surface area (Å²) in [6.07, 6.45) is 0. The average Bonchev–Trinajstić information content (AvgIpc) is 3.73. The molecule has 0 atom stereocenters. The molecule has 0 saturated heterocycles. The minimum Gasteiger partial charge on any atom is -0.309 e. The lowest BCUT2D eigenvalue weighted by Gasteiger charge is -2.16. The van der Waals surface area contributed by atoms with Gasteiger partial charge >= 0.3 is 0 Å². The molecule has 0 unspecified atom stereocenters. The average molecular weight is 734 g/mol. The topological polar surface area (TPSA) is 30.7 Å². The molecular formula is C50H27N3S2. The quantitative estimate of drug-likeness (QED) is 0.181. The molecular weight excluding hydrogens is 707 g/mol. The fraction of sp³-hybridized carbons (Fsp3) is 0. The number of benzene rings is 9. The monoisotopic (exact) mass is 733 g/mol. The lowest BCUT2D eigenvalue weighted by atomic mass is 10.00. The molecule has 0 bridgehead atoms. The molecule has 0 aliphatic heterocycles. The van der Waals surface area contributed by atoms with Gasteiger partial charge in [0.2, 0.25) is 0 Å². The highest BCUT2D eigenvalue weighted by molar-refractivity contribution is 7.26. The molecule has 0 radical (unpaired) electrons. The molecule has 9 aromatic carbocycles. The fourth-order valence-corrected chi connectivity index (χ4v) is 11.5. The Balaban J connectivity index is 1.08. The van der Waals surface area contributed by atoms with Crippen molar-refractivity contribution in [1.82, 2.24) is 14.5 Å². The summed E-state index contributed by atoms with van der Waals surface area (Å²) in [4.78, 5) is 10.7. The van der Waals surface area contributed by atoms with Crippen LogP contribution in [0.1, 0.15) is 0 Å². The summed E-state index contributed by atoms with van der Waals surface area (Å²) >= 11 is 3.73. The van der Waals surface area contributed by atoms with Crippen LogP contribution in [0, 0.1) is 0 Å². The van der Waals surface area contributed by atoms with Crippen LogP contribution in [0.2, 0.25) is 0 Å². The van der Waals surface area contributed by atoms with E-state index in [0.29, 0.717) is 0 Å². The zero-order valence-electron chi connectivity index (χ0n) is 29.2. The van der Waals surface area contributed by atoms with E-state index in [4.69, 9.17) is 9.97 Å². The Hall–Kier alpha value is -6.66. The van der Waals surface area contributed by atoms with Crippen LogP contribution in [-0.4, -0.2) is 14.5 Å². The minimum atomic E-state index is 0.729. The van der Waals surface area contributed by atoms with Gasteiger partial charge in [0.05, 0.1) is 27.9 Å². The number of para-hydroxylation sites is 1. The van der Waals surface area contributed by atoms with Crippen molar-refractivity contribution in [3.05, 3.63) is 164 Å². The predicted octanol–water partition coefficient (Wildman–Crippen LogP) is 14.5. The SMILES string of the molecule is c1ccc2c(-c3ccc4c(c3)sc3ccccc34)nc(-c3ccc(-n4c5ccc6cccc7sc8cccc9ccc4c(c98)c5c67)c4ccccc34)nc2c1. The predicted molar refractivity (Wildman–Crippen MR) is 237 cm³/mol. The van der Waals surface area contributed by atoms with E-state index in [2.05, 4.69) is 168 Å². The highest BCUT2D eigenvalue weighted by Gasteiger charge is 2.23. The first-order valence-electron chi connectivity index (χ1n) is 18.6. The van der Waals surface area contributed by atoms with E-state index in [1.54, 1.807) is 0 Å². The molecule has 4 heterocycles. The van der Waals surface area contributed by atoms with Crippen LogP contribution in [0.4, 0.5) is 0 Å². The maximum absolute atomic E-state index is 5.41. The Labute approximate surface area is 322 Å². The van der Waals surface area contributed by atoms with Gasteiger partial charge in [-0.3, -0.25) is 0 Å². The van der Waals surface area contributed by atoms with Gasteiger partial charge in [0.25, 0.3) is 0 Å². The van der Waals surface area contributed by atoms with Crippen molar-refractivity contribution in [2.24, 2.45) is 0 Å². The van der Waals surface area contributed by atoms with E-state index in [1.165, 1.54) is 72.9 Å². The van der Waals surface area contributed by atoms with E-state index in [-0.39, 0.29) is 0 Å². The molecule has 0 fully saturated rings. The number of nitrogens with zero attached hydrogens (tertiary/aromatic N) is 3. The molecule has 0 spiro atoms. The fourth-order valence-electron chi connectivity index (χ4n) is 9.19. The number of aromatic nitrogens is 3. The third kappa shape index (κ3) is 4.09. The number of hydrogen-bond acceptors (Lipinski definition) is 4. The van der Waals surface area contributed by atoms with E-state index in [0.717, 1.165) is 50.0 Å². The molecule has 0 N–H and O–H groups in total. The van der Waals surface area contributed by atoms with Crippen molar-refractivity contribution in [1.29, 1.82) is 0 Å². The van der Waals surface area contributed by atoms with Crippen molar-refractivity contribution in [3.63, 3.8) is 0 Å². The Morgan fingerprint density at radius 1 is 0.400 bits per heavy atom. The first kappa shape index (κ1) is 29.8. The van der Waals surface area contributed by atoms with Gasteiger partial charge in [-0.25, -0.2) is 9.97 Å². The van der Waals surface area contributed by atoms with Crippen LogP contribution < -0.4 is 0 Å². The third-order valence-electron chi connectivity index (χ3n) is 11.6. The molecule has 0 aliphatic rings. The van der Waals surface area contributed by atoms with E-state index >= 15 is 0 Å². The minimum absolute atomic E-state index is 0.729. The van der Waals surface area contributed by atoms with Crippen molar-refractivity contribution < 1.29 is 0 Å². The van der Waals surface area contributed by atoms with Gasteiger partial charge in [-0.2, -0.15) is 0 Å². The Kier molecular flexibility index (Phi) is 5.93. The van der Waals surface area contributed by atoms with Crippen LogP contribution in [0.25, 0.3) is 123 Å². The summed E-state index contributed by atoms with van der Waals surface area (Å²) in [6, 6.07) is 59.8. The van der Waals surface area contributed by atoms with Gasteiger partial charge in [0.15, 0.2) is 5.82 Å². The van der Waals surface area contributed by atoms with Crippen molar-refractivity contribution in [2.75, 3.05) is 0 Å². The molecule has 13 rings (SSSR count). The highest BCUT2D eigenvalue weighted by Crippen LogP contribution is 2.47. The highest BCUT2D eigenvalue weighted by atomic mass is 32.1. The Bertz CT molecular complexity index is 3630. The lowest BCUT2D eigenvalue weighted by Crippen LogP contribution is -1.99. The molecule has 5 heteroatoms. The smallest absolute Gasteiger partial charge is 0.161 e. The summed E-state index contributed by atoms with van der Waals surface area (Å²) in [6.45, 7) is 0. The normalized spacial score (nSPS) is 12.4. The van der Waals surface area contributed by atoms with Gasteiger partial charge < -0.3 is 4.57 Å². The molecule has 55 heavy (non-hydrogen) atoms. The van der Waals surface area contributed by atoms with Gasteiger partial charge in [0, 0.05) is 73.0 Å². The Morgan fingerprint density at radius 2 is 1.02 bits per heavy atom. The molecule has 0 amide bonds. The van der Waals surface area contributed by atoms with E-state index in [9.17, 15) is 0 Å². The second-order valence-electron chi connectivity index (χ2n) is 14.5. The second kappa shape index (κ2) is 11.0. The molecule has 0 aliphatic carbocycles. The maximum Gasteiger partial charge on any atom is 0.161 e. The van der Waals surface area contributed by atoms with Crippen molar-refractivity contribution in [2.45, 2.75) is 0 Å². The van der Waals surface area contributed by atoms with Crippen LogP contribution in [0.15, 0.2) is 164 Å². The standard InChI is InChI=1S/C50H27N3S2/c1-2-12-32-31(11-1)35(50-51-37-15-5-3-14-36(37)49(52-50)30-19-22-34-33-13-4-6-16-41(33)54-44(34)27-30)23-26-38(32)53-39-24-20-28-9-7-17-42-45(28)47(39)48-40(53)25-21-29-10-8-18-43(55-42)46(29)48/h1-27H. The van der Waals surface area contributed by atoms with Crippen LogP contribution in [-0.2, 0) is 0 Å². The summed E-state index contributed by atoms with van der Waals surface area (Å²) in [5, 5.41) is 13.8. The van der Waals surface area contributed by atoms with Crippen LogP contribution in [0.5, 0.6) is 0 Å². The Morgan fingerprint density at radius 3 is 1.78 bits per heavy atom. The second-order valence-corrected chi connectivity index (χ2v) is 16.6. The van der Waals surface area contributed by atoms with Crippen LogP contribution in [0.3, 0.4) is 0 Å². The van der Waals surface area contributed by atoms with Crippen molar-refractivity contribution in [3.8, 4) is 28.3 Å². The first-order valence-corrected chi connectivity index (χ1v) is 20.2. The zero-order chi connectivity index (χ0) is 35.8. The number of rotatable bonds is 3. The maximum atomic E-state index is 5.41. The summed E-state index contributed by atoms with van der Waals surface area (Å²) in [5.74, 6) is 0.729. The molecule has 254 valence electrons. The number of hydrogen-bond donors (Lipinski definition) is 0. The summed E-state index contributed by atoms with van der Waals surface area (Å²) in [7, 11) is 0. The van der Waals surface area contributed by atoms with Gasteiger partial charge in [0.1, 0.15) is 0 Å². The van der Waals surface area contributed by atoms with E-state index in [1.807, 2.05) is 22.7 Å². The van der Waals surface area contributed by atoms with Gasteiger partial charge in [-0.1, -0.05) is 109 Å². The zero-order valence-corrected chi connectivity index (χ0v) is 30.9. The summed E-state index contributed by atoms with van der Waals surface area (Å²) in [5.41, 5.74) is 7.60. The van der Waals surface area contributed by atoms with Crippen molar-refractivity contribution >= 4 is 117 Å². The molecule has 3 nitrogen and oxygen atoms in total. The van der Waals surface area contributed by atoms with Gasteiger partial charge in [-0.15, -0.1) is 22.7 Å². The van der Waals surface area contributed by atoms with Gasteiger partial charge in [-0.05, 0) is 70.8 Å². The lowest BCUT2D eigenvalue weighted by molar-refractivity contribution is 1.19. The first-order chi connectivity index (χ1) is 27.3. The number of thiophene rings is 1. The third-order valence-corrected chi connectivity index (χ3v) is 13.8. The summed E-state index contributed by atoms with van der Waals surface area (Å²) < 4.78 is 7.67. The molecule has 13 aromatic rings. The molecule has 4 aromatic heterocycles. The molecule has 0 saturated carbocycles. The largest absolute Gasteiger partial charge is 0.309 e.